The van der Waals surface area contributed by atoms with E-state index in [1.165, 1.54) is 22.8 Å². The first-order chi connectivity index (χ1) is 41.2. The zero-order valence-corrected chi connectivity index (χ0v) is 43.5. The molecule has 5 heteroatoms. The van der Waals surface area contributed by atoms with Gasteiger partial charge in [-0.3, -0.25) is 9.55 Å². The van der Waals surface area contributed by atoms with Crippen LogP contribution in [0.2, 0.25) is 0 Å². The molecule has 0 unspecified atom stereocenters. The van der Waals surface area contributed by atoms with Gasteiger partial charge in [0.15, 0.2) is 0 Å². The third-order valence-corrected chi connectivity index (χ3v) is 12.8. The molecule has 0 atom stereocenters. The van der Waals surface area contributed by atoms with E-state index in [9.17, 15) is 9.22 Å². The standard InChI is InChI=1S/C65H74N3O.Pt/c1-39(2)45-30-46(40(3)4)32-47(31-45)43-23-26-57(41(5)29-43)68-58-20-18-19-53(59(58)67-61(68)54-37-52(64(12,13)14)38-55(60(54)69)65(15,16)17)48-33-49(35-51(34-48)63(9,10)11)56-36-44(27-28-66-56)42-21-24-50(25-22-42)62(6,7)8;/h18-32,34-40,69H,1-17H3;/q-1;/i5D3,12D3,13D3,14D3,15D3,16D3,17D3,39D;. The minimum absolute atomic E-state index is 0. The van der Waals surface area contributed by atoms with Crippen LogP contribution in [0.5, 0.6) is 5.75 Å². The van der Waals surface area contributed by atoms with Crippen LogP contribution in [0.1, 0.15) is 191 Å². The van der Waals surface area contributed by atoms with Gasteiger partial charge in [0.25, 0.3) is 0 Å². The molecule has 6 aromatic carbocycles. The van der Waals surface area contributed by atoms with Gasteiger partial charge < -0.3 is 5.11 Å². The van der Waals surface area contributed by atoms with Crippen LogP contribution >= 0.6 is 0 Å². The van der Waals surface area contributed by atoms with Crippen molar-refractivity contribution in [3.8, 4) is 67.5 Å². The number of imidazole rings is 1. The predicted molar refractivity (Wildman–Crippen MR) is 294 cm³/mol. The summed E-state index contributed by atoms with van der Waals surface area (Å²) < 4.78 is 196. The number of nitrogens with zero attached hydrogens (tertiary/aromatic N) is 3. The van der Waals surface area contributed by atoms with Crippen molar-refractivity contribution in [2.45, 2.75) is 151 Å². The molecule has 366 valence electrons. The smallest absolute Gasteiger partial charge is 0.148 e. The maximum atomic E-state index is 13.1. The van der Waals surface area contributed by atoms with Crippen molar-refractivity contribution in [3.05, 3.63) is 166 Å². The quantitative estimate of drug-likeness (QED) is 0.154. The van der Waals surface area contributed by atoms with Crippen molar-refractivity contribution >= 4 is 11.0 Å². The first-order valence-corrected chi connectivity index (χ1v) is 23.1. The number of phenolic OH excluding ortho intramolecular Hbond substituents is 1. The van der Waals surface area contributed by atoms with E-state index in [1.807, 2.05) is 83.1 Å². The zero-order valence-electron chi connectivity index (χ0n) is 63.2. The summed E-state index contributed by atoms with van der Waals surface area (Å²) in [5.41, 5.74) is -5.95. The zero-order chi connectivity index (χ0) is 68.5. The van der Waals surface area contributed by atoms with Crippen LogP contribution in [0.3, 0.4) is 0 Å². The number of para-hydroxylation sites is 1. The van der Waals surface area contributed by atoms with Gasteiger partial charge in [-0.05, 0) is 121 Å². The fourth-order valence-electron chi connectivity index (χ4n) is 8.61. The van der Waals surface area contributed by atoms with Crippen molar-refractivity contribution in [1.82, 2.24) is 14.5 Å². The van der Waals surface area contributed by atoms with Crippen molar-refractivity contribution in [1.29, 1.82) is 0 Å². The Kier molecular flexibility index (Phi) is 8.33. The first kappa shape index (κ1) is 30.3. The average Bonchev–Trinajstić information content (AvgIpc) is 0.779. The Labute approximate surface area is 465 Å². The van der Waals surface area contributed by atoms with Gasteiger partial charge in [0.1, 0.15) is 11.6 Å². The molecule has 0 aliphatic rings. The monoisotopic (exact) mass is 1130 g/mol. The molecule has 0 spiro atoms. The third-order valence-electron chi connectivity index (χ3n) is 12.8. The third kappa shape index (κ3) is 10.6. The summed E-state index contributed by atoms with van der Waals surface area (Å²) in [7, 11) is 0. The number of hydrogen-bond acceptors (Lipinski definition) is 3. The van der Waals surface area contributed by atoms with Gasteiger partial charge in [0.05, 0.1) is 22.3 Å². The molecular formula is C65H74N3OPt-. The van der Waals surface area contributed by atoms with Crippen LogP contribution in [0.25, 0.3) is 72.7 Å². The summed E-state index contributed by atoms with van der Waals surface area (Å²) in [6.45, 7) is -8.52. The Morgan fingerprint density at radius 2 is 1.24 bits per heavy atom. The van der Waals surface area contributed by atoms with Gasteiger partial charge in [-0.25, -0.2) is 4.98 Å². The van der Waals surface area contributed by atoms with Gasteiger partial charge in [-0.1, -0.05) is 194 Å². The molecule has 1 N–H and O–H groups in total. The molecule has 2 heterocycles. The molecule has 0 fully saturated rings. The van der Waals surface area contributed by atoms with Crippen molar-refractivity contribution in [3.63, 3.8) is 0 Å². The first-order valence-electron chi connectivity index (χ1n) is 34.1. The van der Waals surface area contributed by atoms with Gasteiger partial charge in [-0.2, -0.15) is 0 Å². The van der Waals surface area contributed by atoms with E-state index in [2.05, 4.69) is 39.0 Å². The van der Waals surface area contributed by atoms with E-state index >= 15 is 0 Å². The number of phenols is 1. The SMILES string of the molecule is [2H]C([2H])([2H])c1cc(-c2cc(C(C)C)cc(C([2H])(C)C)c2)ccc1-n1c(-c2cc(C(C([2H])([2H])[2H])(C([2H])([2H])[2H])C([2H])([2H])[2H])cc(C(C([2H])([2H])[2H])(C([2H])([2H])[2H])C([2H])([2H])[2H])c2O)nc2c(-c3[c-]c(-c4cc(-c5ccc(C(C)(C)C)cc5)ccn4)cc(C(C)(C)C)c3)cccc21.[Pt]. The fraction of sp³-hybridized carbons (Fsp3) is 0.354. The fourth-order valence-corrected chi connectivity index (χ4v) is 8.61. The Bertz CT molecular complexity index is 3990. The van der Waals surface area contributed by atoms with Gasteiger partial charge >= 0.3 is 0 Å². The Hall–Kier alpha value is -5.57. The minimum atomic E-state index is -4.25. The summed E-state index contributed by atoms with van der Waals surface area (Å²) in [4.78, 5) is 9.87. The van der Waals surface area contributed by atoms with Crippen LogP contribution in [0.4, 0.5) is 0 Å². The van der Waals surface area contributed by atoms with Crippen molar-refractivity contribution in [2.24, 2.45) is 0 Å². The topological polar surface area (TPSA) is 50.9 Å². The van der Waals surface area contributed by atoms with E-state index < -0.39 is 104 Å². The second-order valence-corrected chi connectivity index (χ2v) is 20.8. The number of benzene rings is 6. The maximum absolute atomic E-state index is 13.1. The van der Waals surface area contributed by atoms with E-state index in [1.54, 1.807) is 44.3 Å². The van der Waals surface area contributed by atoms with E-state index in [0.29, 0.717) is 39.6 Å². The van der Waals surface area contributed by atoms with E-state index in [4.69, 9.17) is 36.0 Å². The molecule has 0 bridgehead atoms. The molecular weight excluding hydrogens is 1030 g/mol. The molecule has 4 nitrogen and oxygen atoms in total. The number of rotatable bonds is 8. The van der Waals surface area contributed by atoms with Crippen LogP contribution < -0.4 is 0 Å². The summed E-state index contributed by atoms with van der Waals surface area (Å²) in [6.07, 6.45) is 1.67. The molecule has 0 saturated carbocycles. The Morgan fingerprint density at radius 1 is 0.600 bits per heavy atom. The number of aromatic hydroxyl groups is 1. The molecule has 70 heavy (non-hydrogen) atoms. The predicted octanol–water partition coefficient (Wildman–Crippen LogP) is 18.0. The number of aryl methyl sites for hydroxylation is 1. The molecule has 0 aliphatic carbocycles. The van der Waals surface area contributed by atoms with E-state index in [0.717, 1.165) is 27.8 Å². The summed E-state index contributed by atoms with van der Waals surface area (Å²) in [6, 6.07) is 34.7. The molecule has 0 saturated heterocycles. The number of fused-ring (bicyclic) bond motifs is 1. The van der Waals surface area contributed by atoms with Crippen molar-refractivity contribution < 1.29 is 56.3 Å². The Balaban J connectivity index is 0.0000120. The molecule has 0 aliphatic heterocycles. The van der Waals surface area contributed by atoms with Gasteiger partial charge in [-0.15, -0.1) is 29.3 Å². The van der Waals surface area contributed by atoms with Gasteiger partial charge in [0, 0.05) is 68.7 Å². The van der Waals surface area contributed by atoms with Crippen LogP contribution in [-0.2, 0) is 42.7 Å². The number of pyridine rings is 1. The summed E-state index contributed by atoms with van der Waals surface area (Å²) in [5, 5.41) is 13.1. The maximum Gasteiger partial charge on any atom is 0.148 e. The number of hydrogen-bond donors (Lipinski definition) is 1. The van der Waals surface area contributed by atoms with E-state index in [-0.39, 0.29) is 60.7 Å². The summed E-state index contributed by atoms with van der Waals surface area (Å²) >= 11 is 0. The second-order valence-electron chi connectivity index (χ2n) is 20.8. The van der Waals surface area contributed by atoms with Gasteiger partial charge in [0.2, 0.25) is 0 Å². The van der Waals surface area contributed by atoms with Crippen LogP contribution in [-0.4, -0.2) is 19.6 Å². The van der Waals surface area contributed by atoms with Crippen LogP contribution in [0.15, 0.2) is 121 Å². The summed E-state index contributed by atoms with van der Waals surface area (Å²) in [5.74, 6) is -3.34. The van der Waals surface area contributed by atoms with Crippen LogP contribution in [0, 0.1) is 12.9 Å². The largest absolute Gasteiger partial charge is 0.507 e. The normalized spacial score (nSPS) is 18.6. The minimum Gasteiger partial charge on any atom is -0.507 e. The molecule has 0 amide bonds. The van der Waals surface area contributed by atoms with Crippen molar-refractivity contribution in [2.75, 3.05) is 0 Å². The molecule has 8 rings (SSSR count). The molecule has 8 aromatic rings. The second kappa shape index (κ2) is 19.2. The molecule has 0 radical (unpaired) electrons. The molecule has 2 aromatic heterocycles. The number of aromatic nitrogens is 3. The average molecular weight is 1130 g/mol. The Morgan fingerprint density at radius 3 is 1.89 bits per heavy atom.